The molecular formula is C16H26N2O2. The highest BCUT2D eigenvalue weighted by molar-refractivity contribution is 5.80. The van der Waals surface area contributed by atoms with Crippen molar-refractivity contribution >= 4 is 5.91 Å². The number of ether oxygens (including phenoxy) is 1. The predicted molar refractivity (Wildman–Crippen MR) is 81.8 cm³/mol. The Hall–Kier alpha value is -1.55. The van der Waals surface area contributed by atoms with Gasteiger partial charge in [-0.05, 0) is 43.0 Å². The van der Waals surface area contributed by atoms with Crippen LogP contribution in [0.15, 0.2) is 24.3 Å². The van der Waals surface area contributed by atoms with E-state index in [0.29, 0.717) is 19.0 Å². The number of nitrogens with two attached hydrogens (primary N) is 1. The molecule has 1 rings (SSSR count). The van der Waals surface area contributed by atoms with Crippen LogP contribution in [0.4, 0.5) is 0 Å². The third-order valence-corrected chi connectivity index (χ3v) is 3.23. The first kappa shape index (κ1) is 16.5. The van der Waals surface area contributed by atoms with Gasteiger partial charge in [0, 0.05) is 6.54 Å². The summed E-state index contributed by atoms with van der Waals surface area (Å²) in [5, 5.41) is 2.85. The molecule has 20 heavy (non-hydrogen) atoms. The number of hydrogen-bond donors (Lipinski definition) is 2. The Labute approximate surface area is 121 Å². The minimum absolute atomic E-state index is 0.111. The van der Waals surface area contributed by atoms with E-state index in [0.717, 1.165) is 5.75 Å². The summed E-state index contributed by atoms with van der Waals surface area (Å²) in [5.74, 6) is 1.33. The topological polar surface area (TPSA) is 64.3 Å². The number of nitrogens with one attached hydrogen (secondary N) is 1. The average Bonchev–Trinajstić information content (AvgIpc) is 2.44. The highest BCUT2D eigenvalue weighted by Crippen LogP contribution is 2.20. The number of carbonyl (C=O) groups excluding carboxylic acids is 1. The van der Waals surface area contributed by atoms with Crippen molar-refractivity contribution in [3.8, 4) is 5.75 Å². The first-order valence-corrected chi connectivity index (χ1v) is 7.18. The lowest BCUT2D eigenvalue weighted by Crippen LogP contribution is -2.39. The van der Waals surface area contributed by atoms with Crippen LogP contribution in [0.5, 0.6) is 5.75 Å². The molecule has 0 aromatic heterocycles. The van der Waals surface area contributed by atoms with Crippen molar-refractivity contribution in [1.29, 1.82) is 0 Å². The molecule has 0 bridgehead atoms. The van der Waals surface area contributed by atoms with E-state index in [-0.39, 0.29) is 11.8 Å². The molecule has 0 aliphatic heterocycles. The fraction of sp³-hybridized carbons (Fsp3) is 0.562. The second-order valence-electron chi connectivity index (χ2n) is 5.57. The first-order chi connectivity index (χ1) is 9.43. The Balaban J connectivity index is 2.54. The molecule has 0 fully saturated rings. The quantitative estimate of drug-likeness (QED) is 0.804. The lowest BCUT2D eigenvalue weighted by molar-refractivity contribution is -0.127. The Bertz CT molecular complexity index is 432. The lowest BCUT2D eigenvalue weighted by Gasteiger charge is -2.17. The van der Waals surface area contributed by atoms with Gasteiger partial charge in [0.05, 0.1) is 0 Å². The molecule has 2 unspecified atom stereocenters. The average molecular weight is 278 g/mol. The van der Waals surface area contributed by atoms with Gasteiger partial charge in [0.1, 0.15) is 5.75 Å². The van der Waals surface area contributed by atoms with E-state index in [1.807, 2.05) is 25.1 Å². The summed E-state index contributed by atoms with van der Waals surface area (Å²) in [6.45, 7) is 9.15. The molecule has 1 amide bonds. The summed E-state index contributed by atoms with van der Waals surface area (Å²) >= 11 is 0. The number of benzene rings is 1. The van der Waals surface area contributed by atoms with Gasteiger partial charge in [-0.2, -0.15) is 0 Å². The Morgan fingerprint density at radius 1 is 1.30 bits per heavy atom. The maximum absolute atomic E-state index is 11.9. The van der Waals surface area contributed by atoms with Crippen molar-refractivity contribution < 1.29 is 9.53 Å². The molecule has 4 nitrogen and oxygen atoms in total. The molecular weight excluding hydrogens is 252 g/mol. The van der Waals surface area contributed by atoms with Crippen molar-refractivity contribution in [2.24, 2.45) is 11.7 Å². The molecule has 0 saturated heterocycles. The zero-order valence-electron chi connectivity index (χ0n) is 12.8. The predicted octanol–water partition coefficient (Wildman–Crippen LogP) is 2.29. The molecule has 0 spiro atoms. The Morgan fingerprint density at radius 3 is 2.60 bits per heavy atom. The van der Waals surface area contributed by atoms with Gasteiger partial charge >= 0.3 is 0 Å². The number of hydrogen-bond acceptors (Lipinski definition) is 3. The molecule has 2 atom stereocenters. The van der Waals surface area contributed by atoms with E-state index in [2.05, 4.69) is 25.2 Å². The third kappa shape index (κ3) is 5.21. The maximum Gasteiger partial charge on any atom is 0.260 e. The SMILES string of the molecule is CC(CN)CNC(=O)C(C)Oc1cccc(C(C)C)c1. The van der Waals surface area contributed by atoms with Crippen LogP contribution < -0.4 is 15.8 Å². The van der Waals surface area contributed by atoms with E-state index in [4.69, 9.17) is 10.5 Å². The van der Waals surface area contributed by atoms with Crippen LogP contribution in [0.3, 0.4) is 0 Å². The number of rotatable bonds is 7. The zero-order valence-corrected chi connectivity index (χ0v) is 12.8. The Kier molecular flexibility index (Phi) is 6.52. The molecule has 1 aromatic rings. The van der Waals surface area contributed by atoms with Crippen LogP contribution in [0.25, 0.3) is 0 Å². The van der Waals surface area contributed by atoms with Crippen molar-refractivity contribution in [3.05, 3.63) is 29.8 Å². The first-order valence-electron chi connectivity index (χ1n) is 7.18. The fourth-order valence-corrected chi connectivity index (χ4v) is 1.71. The zero-order chi connectivity index (χ0) is 15.1. The molecule has 0 aliphatic rings. The lowest BCUT2D eigenvalue weighted by atomic mass is 10.0. The standard InChI is InChI=1S/C16H26N2O2/c1-11(2)14-6-5-7-15(8-14)20-13(4)16(19)18-10-12(3)9-17/h5-8,11-13H,9-10,17H2,1-4H3,(H,18,19). The smallest absolute Gasteiger partial charge is 0.260 e. The van der Waals surface area contributed by atoms with Crippen LogP contribution in [0.1, 0.15) is 39.2 Å². The van der Waals surface area contributed by atoms with Crippen LogP contribution in [-0.4, -0.2) is 25.1 Å². The van der Waals surface area contributed by atoms with E-state index in [1.54, 1.807) is 6.92 Å². The van der Waals surface area contributed by atoms with E-state index in [9.17, 15) is 4.79 Å². The Morgan fingerprint density at radius 2 is 2.00 bits per heavy atom. The van der Waals surface area contributed by atoms with E-state index < -0.39 is 6.10 Å². The molecule has 0 heterocycles. The molecule has 4 heteroatoms. The van der Waals surface area contributed by atoms with Gasteiger partial charge in [-0.1, -0.05) is 32.9 Å². The normalized spacial score (nSPS) is 13.9. The van der Waals surface area contributed by atoms with Crippen LogP contribution in [0.2, 0.25) is 0 Å². The third-order valence-electron chi connectivity index (χ3n) is 3.23. The summed E-state index contributed by atoms with van der Waals surface area (Å²) < 4.78 is 5.69. The van der Waals surface area contributed by atoms with Gasteiger partial charge in [-0.3, -0.25) is 4.79 Å². The van der Waals surface area contributed by atoms with Gasteiger partial charge in [-0.15, -0.1) is 0 Å². The van der Waals surface area contributed by atoms with E-state index >= 15 is 0 Å². The summed E-state index contributed by atoms with van der Waals surface area (Å²) in [6, 6.07) is 7.87. The molecule has 0 saturated carbocycles. The minimum Gasteiger partial charge on any atom is -0.481 e. The molecule has 0 radical (unpaired) electrons. The number of amides is 1. The summed E-state index contributed by atoms with van der Waals surface area (Å²) in [6.07, 6.45) is -0.512. The van der Waals surface area contributed by atoms with Gasteiger partial charge in [0.15, 0.2) is 6.10 Å². The molecule has 1 aromatic carbocycles. The maximum atomic E-state index is 11.9. The monoisotopic (exact) mass is 278 g/mol. The highest BCUT2D eigenvalue weighted by Gasteiger charge is 2.15. The van der Waals surface area contributed by atoms with Crippen LogP contribution >= 0.6 is 0 Å². The van der Waals surface area contributed by atoms with Gasteiger partial charge < -0.3 is 15.8 Å². The second-order valence-corrected chi connectivity index (χ2v) is 5.57. The van der Waals surface area contributed by atoms with Gasteiger partial charge in [0.2, 0.25) is 0 Å². The second kappa shape index (κ2) is 7.90. The van der Waals surface area contributed by atoms with Gasteiger partial charge in [-0.25, -0.2) is 0 Å². The van der Waals surface area contributed by atoms with Crippen molar-refractivity contribution in [2.45, 2.75) is 39.7 Å². The molecule has 3 N–H and O–H groups in total. The summed E-state index contributed by atoms with van der Waals surface area (Å²) in [4.78, 5) is 11.9. The summed E-state index contributed by atoms with van der Waals surface area (Å²) in [7, 11) is 0. The van der Waals surface area contributed by atoms with Crippen molar-refractivity contribution in [3.63, 3.8) is 0 Å². The van der Waals surface area contributed by atoms with Crippen LogP contribution in [0, 0.1) is 5.92 Å². The highest BCUT2D eigenvalue weighted by atomic mass is 16.5. The summed E-state index contributed by atoms with van der Waals surface area (Å²) in [5.41, 5.74) is 6.72. The van der Waals surface area contributed by atoms with Gasteiger partial charge in [0.25, 0.3) is 5.91 Å². The van der Waals surface area contributed by atoms with E-state index in [1.165, 1.54) is 5.56 Å². The van der Waals surface area contributed by atoms with Crippen LogP contribution in [-0.2, 0) is 4.79 Å². The molecule has 0 aliphatic carbocycles. The number of carbonyl (C=O) groups is 1. The van der Waals surface area contributed by atoms with Crippen molar-refractivity contribution in [2.75, 3.05) is 13.1 Å². The van der Waals surface area contributed by atoms with Crippen molar-refractivity contribution in [1.82, 2.24) is 5.32 Å². The molecule has 112 valence electrons. The largest absolute Gasteiger partial charge is 0.481 e. The fourth-order valence-electron chi connectivity index (χ4n) is 1.71. The minimum atomic E-state index is -0.512.